The molecule has 0 saturated carbocycles. The zero-order valence-electron chi connectivity index (χ0n) is 21.5. The van der Waals surface area contributed by atoms with E-state index in [9.17, 15) is 9.59 Å². The lowest BCUT2D eigenvalue weighted by molar-refractivity contribution is -0.145. The molecule has 4 nitrogen and oxygen atoms in total. The first-order chi connectivity index (χ1) is 18.6. The van der Waals surface area contributed by atoms with E-state index in [1.54, 1.807) is 48.5 Å². The number of carbonyl (C=O) groups excluding carboxylic acids is 2. The predicted molar refractivity (Wildman–Crippen MR) is 158 cm³/mol. The van der Waals surface area contributed by atoms with Crippen LogP contribution in [0.2, 0.25) is 20.1 Å². The fraction of sp³-hybridized carbons (Fsp3) is 0.161. The van der Waals surface area contributed by atoms with Gasteiger partial charge in [0.05, 0.1) is 14.2 Å². The van der Waals surface area contributed by atoms with E-state index in [0.717, 1.165) is 22.3 Å². The van der Waals surface area contributed by atoms with Gasteiger partial charge in [-0.25, -0.2) is 0 Å². The van der Waals surface area contributed by atoms with Crippen molar-refractivity contribution in [1.29, 1.82) is 0 Å². The molecule has 0 aromatic heterocycles. The number of hydrogen-bond acceptors (Lipinski definition) is 4. The minimum absolute atomic E-state index is 0.315. The van der Waals surface area contributed by atoms with Crippen LogP contribution >= 0.6 is 46.4 Å². The van der Waals surface area contributed by atoms with Crippen molar-refractivity contribution in [2.75, 3.05) is 14.2 Å². The molecule has 0 aliphatic heterocycles. The van der Waals surface area contributed by atoms with E-state index in [-0.39, 0.29) is 11.9 Å². The van der Waals surface area contributed by atoms with Crippen LogP contribution in [-0.4, -0.2) is 26.2 Å². The Hall–Kier alpha value is -3.02. The molecule has 0 unspecified atom stereocenters. The highest BCUT2D eigenvalue weighted by Gasteiger charge is 2.38. The Bertz CT molecular complexity index is 1290. The molecule has 0 spiro atoms. The van der Waals surface area contributed by atoms with E-state index in [4.69, 9.17) is 55.9 Å². The van der Waals surface area contributed by atoms with Gasteiger partial charge in [0.15, 0.2) is 0 Å². The van der Waals surface area contributed by atoms with Gasteiger partial charge in [-0.15, -0.1) is 0 Å². The summed E-state index contributed by atoms with van der Waals surface area (Å²) in [5.74, 6) is -1.12. The van der Waals surface area contributed by atoms with Gasteiger partial charge in [-0.2, -0.15) is 0 Å². The summed E-state index contributed by atoms with van der Waals surface area (Å²) in [4.78, 5) is 24.3. The summed E-state index contributed by atoms with van der Waals surface area (Å²) in [6.07, 6.45) is 0. The monoisotopic (exact) mass is 602 g/mol. The smallest absolute Gasteiger partial charge is 0.320 e. The topological polar surface area (TPSA) is 52.6 Å². The van der Waals surface area contributed by atoms with E-state index >= 15 is 0 Å². The standard InChI is InChI=1S/C16H14Cl2O2.C15H12Cl2O2/c1-16(15(19)20-2,11-3-7-13(17)8-4-11)12-5-9-14(18)10-6-12;1-19-15(18)14(10-2-6-12(16)7-3-10)11-4-8-13(17)9-5-11/h3-10H,1-2H3;2-9,14H,1H3. The molecule has 0 radical (unpaired) electrons. The summed E-state index contributed by atoms with van der Waals surface area (Å²) in [5, 5.41) is 2.50. The van der Waals surface area contributed by atoms with Crippen LogP contribution in [0.25, 0.3) is 0 Å². The highest BCUT2D eigenvalue weighted by atomic mass is 35.5. The molecule has 4 aromatic carbocycles. The molecule has 0 aliphatic rings. The normalized spacial score (nSPS) is 10.9. The molecule has 0 heterocycles. The van der Waals surface area contributed by atoms with Crippen LogP contribution in [0.5, 0.6) is 0 Å². The maximum Gasteiger partial charge on any atom is 0.320 e. The summed E-state index contributed by atoms with van der Waals surface area (Å²) in [6.45, 7) is 1.82. The predicted octanol–water partition coefficient (Wildman–Crippen LogP) is 8.77. The minimum Gasteiger partial charge on any atom is -0.468 e. The summed E-state index contributed by atoms with van der Waals surface area (Å²) < 4.78 is 9.86. The number of halogens is 4. The number of ether oxygens (including phenoxy) is 2. The van der Waals surface area contributed by atoms with Gasteiger partial charge in [0.1, 0.15) is 11.3 Å². The van der Waals surface area contributed by atoms with Crippen molar-refractivity contribution in [1.82, 2.24) is 0 Å². The average molecular weight is 604 g/mol. The lowest BCUT2D eigenvalue weighted by Gasteiger charge is -2.28. The first-order valence-corrected chi connectivity index (χ1v) is 13.3. The Morgan fingerprint density at radius 1 is 0.564 bits per heavy atom. The van der Waals surface area contributed by atoms with Crippen LogP contribution in [0, 0.1) is 0 Å². The lowest BCUT2D eigenvalue weighted by Crippen LogP contribution is -2.35. The molecule has 0 saturated heterocycles. The van der Waals surface area contributed by atoms with Gasteiger partial charge in [0.2, 0.25) is 0 Å². The van der Waals surface area contributed by atoms with Crippen molar-refractivity contribution in [3.05, 3.63) is 139 Å². The van der Waals surface area contributed by atoms with Crippen molar-refractivity contribution >= 4 is 58.3 Å². The van der Waals surface area contributed by atoms with Gasteiger partial charge in [0.25, 0.3) is 0 Å². The van der Waals surface area contributed by atoms with Crippen LogP contribution in [0.4, 0.5) is 0 Å². The second-order valence-electron chi connectivity index (χ2n) is 8.69. The maximum absolute atomic E-state index is 12.3. The Kier molecular flexibility index (Phi) is 10.8. The Morgan fingerprint density at radius 3 is 1.15 bits per heavy atom. The number of methoxy groups -OCH3 is 2. The van der Waals surface area contributed by atoms with E-state index in [1.807, 2.05) is 55.5 Å². The van der Waals surface area contributed by atoms with Crippen LogP contribution < -0.4 is 0 Å². The fourth-order valence-electron chi connectivity index (χ4n) is 4.07. The zero-order chi connectivity index (χ0) is 28.6. The number of carbonyl (C=O) groups is 2. The van der Waals surface area contributed by atoms with Gasteiger partial charge in [-0.3, -0.25) is 9.59 Å². The first kappa shape index (κ1) is 30.5. The third-order valence-corrected chi connectivity index (χ3v) is 7.29. The minimum atomic E-state index is -0.899. The SMILES string of the molecule is COC(=O)C(C)(c1ccc(Cl)cc1)c1ccc(Cl)cc1.COC(=O)C(c1ccc(Cl)cc1)c1ccc(Cl)cc1. The van der Waals surface area contributed by atoms with Crippen molar-refractivity contribution in [2.45, 2.75) is 18.3 Å². The van der Waals surface area contributed by atoms with Crippen molar-refractivity contribution in [3.8, 4) is 0 Å². The van der Waals surface area contributed by atoms with Gasteiger partial charge in [-0.1, -0.05) is 94.9 Å². The van der Waals surface area contributed by atoms with Crippen LogP contribution in [0.15, 0.2) is 97.1 Å². The molecule has 0 aliphatic carbocycles. The van der Waals surface area contributed by atoms with Crippen LogP contribution in [-0.2, 0) is 24.5 Å². The number of benzene rings is 4. The molecule has 202 valence electrons. The number of rotatable bonds is 6. The highest BCUT2D eigenvalue weighted by molar-refractivity contribution is 6.31. The van der Waals surface area contributed by atoms with Gasteiger partial charge in [0, 0.05) is 20.1 Å². The second kappa shape index (κ2) is 13.9. The third-order valence-electron chi connectivity index (χ3n) is 6.28. The van der Waals surface area contributed by atoms with E-state index in [1.165, 1.54) is 14.2 Å². The van der Waals surface area contributed by atoms with Gasteiger partial charge in [-0.05, 0) is 77.7 Å². The van der Waals surface area contributed by atoms with E-state index < -0.39 is 11.3 Å². The Morgan fingerprint density at radius 2 is 0.872 bits per heavy atom. The summed E-state index contributed by atoms with van der Waals surface area (Å²) in [6, 6.07) is 28.6. The quantitative estimate of drug-likeness (QED) is 0.207. The zero-order valence-corrected chi connectivity index (χ0v) is 24.5. The summed E-state index contributed by atoms with van der Waals surface area (Å²) >= 11 is 23.5. The van der Waals surface area contributed by atoms with Crippen LogP contribution in [0.3, 0.4) is 0 Å². The van der Waals surface area contributed by atoms with Crippen LogP contribution in [0.1, 0.15) is 35.1 Å². The maximum atomic E-state index is 12.3. The molecule has 0 fully saturated rings. The number of hydrogen-bond donors (Lipinski definition) is 0. The fourth-order valence-corrected chi connectivity index (χ4v) is 4.57. The molecular weight excluding hydrogens is 578 g/mol. The van der Waals surface area contributed by atoms with Crippen molar-refractivity contribution < 1.29 is 19.1 Å². The van der Waals surface area contributed by atoms with Gasteiger partial charge < -0.3 is 9.47 Å². The average Bonchev–Trinajstić information content (AvgIpc) is 2.95. The largest absolute Gasteiger partial charge is 0.468 e. The summed E-state index contributed by atoms with van der Waals surface area (Å²) in [7, 11) is 2.76. The molecule has 0 bridgehead atoms. The summed E-state index contributed by atoms with van der Waals surface area (Å²) in [5.41, 5.74) is 2.40. The van der Waals surface area contributed by atoms with E-state index in [2.05, 4.69) is 0 Å². The molecule has 0 N–H and O–H groups in total. The molecule has 8 heteroatoms. The third kappa shape index (κ3) is 7.55. The van der Waals surface area contributed by atoms with Crippen molar-refractivity contribution in [2.24, 2.45) is 0 Å². The molecule has 4 rings (SSSR count). The van der Waals surface area contributed by atoms with Gasteiger partial charge >= 0.3 is 11.9 Å². The molecule has 39 heavy (non-hydrogen) atoms. The molecule has 4 aromatic rings. The van der Waals surface area contributed by atoms with Crippen molar-refractivity contribution in [3.63, 3.8) is 0 Å². The van der Waals surface area contributed by atoms with E-state index in [0.29, 0.717) is 20.1 Å². The molecule has 0 amide bonds. The molecular formula is C31H26Cl4O4. The Balaban J connectivity index is 0.000000216. The lowest BCUT2D eigenvalue weighted by atomic mass is 9.76. The first-order valence-electron chi connectivity index (χ1n) is 11.8. The highest BCUT2D eigenvalue weighted by Crippen LogP contribution is 2.34. The molecule has 0 atom stereocenters. The Labute approximate surface area is 248 Å². The second-order valence-corrected chi connectivity index (χ2v) is 10.4. The number of esters is 2.